The van der Waals surface area contributed by atoms with Crippen LogP contribution in [0.3, 0.4) is 0 Å². The van der Waals surface area contributed by atoms with Crippen LogP contribution in [0.5, 0.6) is 0 Å². The summed E-state index contributed by atoms with van der Waals surface area (Å²) in [6.45, 7) is 2.15. The maximum atomic E-state index is 11.8. The molecule has 22 heavy (non-hydrogen) atoms. The van der Waals surface area contributed by atoms with Gasteiger partial charge >= 0.3 is 6.03 Å². The van der Waals surface area contributed by atoms with Gasteiger partial charge in [-0.05, 0) is 43.7 Å². The molecule has 1 aromatic rings. The summed E-state index contributed by atoms with van der Waals surface area (Å²) >= 11 is 3.33. The highest BCUT2D eigenvalue weighted by Gasteiger charge is 2.15. The molecule has 1 heterocycles. The van der Waals surface area contributed by atoms with Crippen molar-refractivity contribution in [1.82, 2.24) is 16.0 Å². The Kier molecular flexibility index (Phi) is 6.67. The second-order valence-electron chi connectivity index (χ2n) is 5.25. The fourth-order valence-corrected chi connectivity index (χ4v) is 2.54. The van der Waals surface area contributed by atoms with Gasteiger partial charge in [0.25, 0.3) is 0 Å². The molecule has 7 heteroatoms. The minimum absolute atomic E-state index is 0.0300. The second kappa shape index (κ2) is 8.75. The summed E-state index contributed by atoms with van der Waals surface area (Å²) in [4.78, 5) is 23.5. The van der Waals surface area contributed by atoms with Crippen molar-refractivity contribution in [3.05, 3.63) is 28.7 Å². The number of carbonyl (C=O) groups is 2. The summed E-state index contributed by atoms with van der Waals surface area (Å²) in [7, 11) is 0. The monoisotopic (exact) mass is 368 g/mol. The van der Waals surface area contributed by atoms with Crippen molar-refractivity contribution < 1.29 is 9.59 Å². The molecule has 3 amide bonds. The van der Waals surface area contributed by atoms with Crippen molar-refractivity contribution >= 4 is 33.6 Å². The van der Waals surface area contributed by atoms with Crippen LogP contribution in [-0.4, -0.2) is 37.6 Å². The molecule has 2 rings (SSSR count). The summed E-state index contributed by atoms with van der Waals surface area (Å²) in [6, 6.07) is 7.19. The van der Waals surface area contributed by atoms with Crippen LogP contribution in [0, 0.1) is 0 Å². The van der Waals surface area contributed by atoms with Gasteiger partial charge in [0, 0.05) is 35.7 Å². The number of halogens is 1. The first-order chi connectivity index (χ1) is 10.6. The summed E-state index contributed by atoms with van der Waals surface area (Å²) in [6.07, 6.45) is 2.37. The molecule has 0 aromatic heterocycles. The lowest BCUT2D eigenvalue weighted by atomic mass is 10.1. The van der Waals surface area contributed by atoms with Crippen LogP contribution in [0.25, 0.3) is 0 Å². The maximum Gasteiger partial charge on any atom is 0.319 e. The maximum absolute atomic E-state index is 11.8. The number of piperidine rings is 1. The lowest BCUT2D eigenvalue weighted by molar-refractivity contribution is -0.121. The van der Waals surface area contributed by atoms with Crippen molar-refractivity contribution in [2.45, 2.75) is 25.3 Å². The lowest BCUT2D eigenvalue weighted by Crippen LogP contribution is -2.46. The number of amides is 3. The first-order valence-electron chi connectivity index (χ1n) is 7.44. The summed E-state index contributed by atoms with van der Waals surface area (Å²) in [5.74, 6) is -0.0300. The van der Waals surface area contributed by atoms with Crippen molar-refractivity contribution in [1.29, 1.82) is 0 Å². The zero-order valence-corrected chi connectivity index (χ0v) is 13.9. The van der Waals surface area contributed by atoms with Gasteiger partial charge < -0.3 is 21.3 Å². The van der Waals surface area contributed by atoms with E-state index in [2.05, 4.69) is 37.2 Å². The predicted molar refractivity (Wildman–Crippen MR) is 89.8 cm³/mol. The Bertz CT molecular complexity index is 501. The third-order valence-corrected chi connectivity index (χ3v) is 3.93. The minimum Gasteiger partial charge on any atom is -0.352 e. The second-order valence-corrected chi connectivity index (χ2v) is 6.16. The molecule has 0 radical (unpaired) electrons. The van der Waals surface area contributed by atoms with E-state index in [0.29, 0.717) is 12.2 Å². The molecule has 1 fully saturated rings. The molecule has 120 valence electrons. The van der Waals surface area contributed by atoms with Crippen LogP contribution in [-0.2, 0) is 4.79 Å². The van der Waals surface area contributed by atoms with Crippen LogP contribution in [0.4, 0.5) is 10.5 Å². The average molecular weight is 369 g/mol. The number of hydrogen-bond donors (Lipinski definition) is 4. The summed E-state index contributed by atoms with van der Waals surface area (Å²) in [5.41, 5.74) is 0.707. The van der Waals surface area contributed by atoms with Crippen LogP contribution < -0.4 is 21.3 Å². The molecule has 0 bridgehead atoms. The molecule has 1 unspecified atom stereocenters. The number of anilines is 1. The first kappa shape index (κ1) is 16.8. The zero-order chi connectivity index (χ0) is 15.8. The summed E-state index contributed by atoms with van der Waals surface area (Å²) < 4.78 is 0.951. The van der Waals surface area contributed by atoms with Gasteiger partial charge in [-0.25, -0.2) is 4.79 Å². The van der Waals surface area contributed by atoms with E-state index in [1.807, 2.05) is 12.1 Å². The van der Waals surface area contributed by atoms with Gasteiger partial charge in [-0.3, -0.25) is 4.79 Å². The molecule has 4 N–H and O–H groups in total. The number of nitrogens with one attached hydrogen (secondary N) is 4. The molecule has 1 aliphatic heterocycles. The van der Waals surface area contributed by atoms with Gasteiger partial charge in [0.2, 0.25) is 5.91 Å². The van der Waals surface area contributed by atoms with E-state index < -0.39 is 0 Å². The van der Waals surface area contributed by atoms with E-state index in [1.165, 1.54) is 0 Å². The van der Waals surface area contributed by atoms with Crippen LogP contribution in [0.2, 0.25) is 0 Å². The van der Waals surface area contributed by atoms with Crippen molar-refractivity contribution in [3.63, 3.8) is 0 Å². The topological polar surface area (TPSA) is 82.3 Å². The number of urea groups is 1. The Morgan fingerprint density at radius 3 is 2.73 bits per heavy atom. The molecule has 0 aliphatic carbocycles. The van der Waals surface area contributed by atoms with Gasteiger partial charge in [0.05, 0.1) is 0 Å². The van der Waals surface area contributed by atoms with Crippen LogP contribution in [0.1, 0.15) is 19.3 Å². The Balaban J connectivity index is 1.61. The molecular weight excluding hydrogens is 348 g/mol. The number of hydrogen-bond acceptors (Lipinski definition) is 3. The average Bonchev–Trinajstić information content (AvgIpc) is 2.50. The first-order valence-corrected chi connectivity index (χ1v) is 8.23. The van der Waals surface area contributed by atoms with E-state index in [-0.39, 0.29) is 24.4 Å². The van der Waals surface area contributed by atoms with Crippen LogP contribution >= 0.6 is 15.9 Å². The largest absolute Gasteiger partial charge is 0.352 e. The molecule has 1 aliphatic rings. The normalized spacial score (nSPS) is 17.6. The highest BCUT2D eigenvalue weighted by atomic mass is 79.9. The van der Waals surface area contributed by atoms with Gasteiger partial charge in [0.15, 0.2) is 0 Å². The highest BCUT2D eigenvalue weighted by Crippen LogP contribution is 2.13. The van der Waals surface area contributed by atoms with E-state index in [0.717, 1.165) is 30.4 Å². The predicted octanol–water partition coefficient (Wildman–Crippen LogP) is 1.83. The zero-order valence-electron chi connectivity index (χ0n) is 12.3. The molecule has 1 aromatic carbocycles. The van der Waals surface area contributed by atoms with Crippen molar-refractivity contribution in [2.75, 3.05) is 25.0 Å². The highest BCUT2D eigenvalue weighted by molar-refractivity contribution is 9.10. The Hall–Kier alpha value is -1.60. The third kappa shape index (κ3) is 6.03. The fourth-order valence-electron chi connectivity index (χ4n) is 2.27. The van der Waals surface area contributed by atoms with E-state index in [1.54, 1.807) is 12.1 Å². The molecule has 1 atom stereocenters. The van der Waals surface area contributed by atoms with Crippen LogP contribution in [0.15, 0.2) is 28.7 Å². The van der Waals surface area contributed by atoms with E-state index >= 15 is 0 Å². The number of carbonyl (C=O) groups excluding carboxylic acids is 2. The Morgan fingerprint density at radius 2 is 2.05 bits per heavy atom. The molecule has 0 spiro atoms. The fraction of sp³-hybridized carbons (Fsp3) is 0.467. The van der Waals surface area contributed by atoms with Gasteiger partial charge in [0.1, 0.15) is 0 Å². The molecule has 6 nitrogen and oxygen atoms in total. The smallest absolute Gasteiger partial charge is 0.319 e. The molecule has 1 saturated heterocycles. The van der Waals surface area contributed by atoms with Crippen molar-refractivity contribution in [2.24, 2.45) is 0 Å². The SMILES string of the molecule is O=C(CCNC(=O)Nc1ccc(Br)cc1)NC1CCCNC1. The number of benzene rings is 1. The quantitative estimate of drug-likeness (QED) is 0.639. The van der Waals surface area contributed by atoms with Gasteiger partial charge in [-0.2, -0.15) is 0 Å². The summed E-state index contributed by atoms with van der Waals surface area (Å²) in [5, 5.41) is 11.6. The minimum atomic E-state index is -0.311. The third-order valence-electron chi connectivity index (χ3n) is 3.40. The standard InChI is InChI=1S/C15H21BrN4O2/c16-11-3-5-12(6-4-11)20-15(22)18-9-7-14(21)19-13-2-1-8-17-10-13/h3-6,13,17H,1-2,7-10H2,(H,19,21)(H2,18,20,22). The molecular formula is C15H21BrN4O2. The van der Waals surface area contributed by atoms with Crippen molar-refractivity contribution in [3.8, 4) is 0 Å². The molecule has 0 saturated carbocycles. The van der Waals surface area contributed by atoms with Gasteiger partial charge in [-0.15, -0.1) is 0 Å². The van der Waals surface area contributed by atoms with E-state index in [4.69, 9.17) is 0 Å². The Labute approximate surface area is 138 Å². The lowest BCUT2D eigenvalue weighted by Gasteiger charge is -2.23. The van der Waals surface area contributed by atoms with E-state index in [9.17, 15) is 9.59 Å². The Morgan fingerprint density at radius 1 is 1.27 bits per heavy atom. The number of rotatable bonds is 5. The van der Waals surface area contributed by atoms with Gasteiger partial charge in [-0.1, -0.05) is 15.9 Å².